The van der Waals surface area contributed by atoms with E-state index in [4.69, 9.17) is 9.26 Å². The summed E-state index contributed by atoms with van der Waals surface area (Å²) in [5.74, 6) is -0.253. The van der Waals surface area contributed by atoms with Crippen molar-refractivity contribution in [1.29, 1.82) is 0 Å². The molecule has 6 nitrogen and oxygen atoms in total. The lowest BCUT2D eigenvalue weighted by Crippen LogP contribution is -2.34. The third kappa shape index (κ3) is 3.38. The van der Waals surface area contributed by atoms with E-state index in [1.54, 1.807) is 39.2 Å². The fraction of sp³-hybridized carbons (Fsp3) is 0.211. The zero-order chi connectivity index (χ0) is 18.0. The van der Waals surface area contributed by atoms with Crippen LogP contribution in [0.25, 0.3) is 22.2 Å². The van der Waals surface area contributed by atoms with Gasteiger partial charge in [0.2, 0.25) is 0 Å². The Labute approximate surface area is 145 Å². The zero-order valence-corrected chi connectivity index (χ0v) is 14.2. The van der Waals surface area contributed by atoms with Crippen LogP contribution in [0.15, 0.2) is 53.1 Å². The second kappa shape index (κ2) is 6.76. The smallest absolute Gasteiger partial charge is 0.338 e. The molecule has 0 aliphatic rings. The molecule has 0 bridgehead atoms. The van der Waals surface area contributed by atoms with Gasteiger partial charge in [0, 0.05) is 19.7 Å². The van der Waals surface area contributed by atoms with E-state index >= 15 is 0 Å². The predicted molar refractivity (Wildman–Crippen MR) is 93.0 cm³/mol. The summed E-state index contributed by atoms with van der Waals surface area (Å²) in [5.41, 5.74) is 1.85. The Hall–Kier alpha value is -3.15. The number of nitrogens with zero attached hydrogens (tertiary/aromatic N) is 2. The Morgan fingerprint density at radius 1 is 1.12 bits per heavy atom. The highest BCUT2D eigenvalue weighted by Crippen LogP contribution is 2.29. The number of hydrogen-bond acceptors (Lipinski definition) is 5. The minimum Gasteiger partial charge on any atom is -0.449 e. The van der Waals surface area contributed by atoms with E-state index in [1.165, 1.54) is 4.90 Å². The SMILES string of the molecule is CC(OC(=O)c1ccc2noc(-c3ccccc3)c2c1)C(=O)N(C)C. The molecule has 1 heterocycles. The minimum absolute atomic E-state index is 0.274. The molecule has 1 atom stereocenters. The molecular weight excluding hydrogens is 320 g/mol. The lowest BCUT2D eigenvalue weighted by atomic mass is 10.1. The molecule has 1 aromatic heterocycles. The van der Waals surface area contributed by atoms with Gasteiger partial charge in [0.05, 0.1) is 10.9 Å². The molecule has 1 amide bonds. The van der Waals surface area contributed by atoms with Gasteiger partial charge >= 0.3 is 5.97 Å². The average Bonchev–Trinajstić information content (AvgIpc) is 3.04. The van der Waals surface area contributed by atoms with Crippen molar-refractivity contribution < 1.29 is 18.8 Å². The summed E-state index contributed by atoms with van der Waals surface area (Å²) in [6, 6.07) is 14.5. The van der Waals surface area contributed by atoms with E-state index in [0.717, 1.165) is 5.56 Å². The number of carbonyl (C=O) groups is 2. The van der Waals surface area contributed by atoms with Gasteiger partial charge in [-0.1, -0.05) is 35.5 Å². The summed E-state index contributed by atoms with van der Waals surface area (Å²) in [7, 11) is 3.23. The van der Waals surface area contributed by atoms with Crippen LogP contribution in [0.2, 0.25) is 0 Å². The maximum Gasteiger partial charge on any atom is 0.338 e. The van der Waals surface area contributed by atoms with Crippen LogP contribution < -0.4 is 0 Å². The van der Waals surface area contributed by atoms with Crippen LogP contribution in [0.1, 0.15) is 17.3 Å². The van der Waals surface area contributed by atoms with Gasteiger partial charge < -0.3 is 14.2 Å². The number of aromatic nitrogens is 1. The fourth-order valence-corrected chi connectivity index (χ4v) is 2.51. The number of benzene rings is 2. The van der Waals surface area contributed by atoms with Crippen molar-refractivity contribution in [3.8, 4) is 11.3 Å². The zero-order valence-electron chi connectivity index (χ0n) is 14.2. The number of hydrogen-bond donors (Lipinski definition) is 0. The van der Waals surface area contributed by atoms with E-state index < -0.39 is 12.1 Å². The minimum atomic E-state index is -0.853. The molecule has 0 fully saturated rings. The van der Waals surface area contributed by atoms with Gasteiger partial charge in [-0.15, -0.1) is 0 Å². The molecule has 0 saturated heterocycles. The topological polar surface area (TPSA) is 72.6 Å². The molecular formula is C19H18N2O4. The van der Waals surface area contributed by atoms with Crippen LogP contribution in [-0.4, -0.2) is 42.1 Å². The first-order valence-corrected chi connectivity index (χ1v) is 7.84. The maximum atomic E-state index is 12.4. The Bertz CT molecular complexity index is 916. The number of likely N-dealkylation sites (N-methyl/N-ethyl adjacent to an activating group) is 1. The number of fused-ring (bicyclic) bond motifs is 1. The Morgan fingerprint density at radius 3 is 2.52 bits per heavy atom. The third-order valence-electron chi connectivity index (χ3n) is 3.82. The molecule has 0 spiro atoms. The Kier molecular flexibility index (Phi) is 4.52. The van der Waals surface area contributed by atoms with Gasteiger partial charge in [-0.3, -0.25) is 4.79 Å². The van der Waals surface area contributed by atoms with Crippen LogP contribution in [-0.2, 0) is 9.53 Å². The number of amides is 1. The highest BCUT2D eigenvalue weighted by atomic mass is 16.5. The van der Waals surface area contributed by atoms with E-state index in [9.17, 15) is 9.59 Å². The molecule has 1 unspecified atom stereocenters. The lowest BCUT2D eigenvalue weighted by Gasteiger charge is -2.17. The number of ether oxygens (including phenoxy) is 1. The van der Waals surface area contributed by atoms with Crippen LogP contribution in [0, 0.1) is 0 Å². The van der Waals surface area contributed by atoms with Gasteiger partial charge in [-0.25, -0.2) is 4.79 Å². The summed E-state index contributed by atoms with van der Waals surface area (Å²) in [6.45, 7) is 1.55. The number of carbonyl (C=O) groups excluding carboxylic acids is 2. The van der Waals surface area contributed by atoms with Crippen LogP contribution in [0.4, 0.5) is 0 Å². The standard InChI is InChI=1S/C19H18N2O4/c1-12(18(22)21(2)3)24-19(23)14-9-10-16-15(11-14)17(25-20-16)13-7-5-4-6-8-13/h4-12H,1-3H3. The van der Waals surface area contributed by atoms with Gasteiger partial charge in [-0.05, 0) is 25.1 Å². The molecule has 2 aromatic carbocycles. The average molecular weight is 338 g/mol. The molecule has 0 N–H and O–H groups in total. The van der Waals surface area contributed by atoms with Crippen LogP contribution >= 0.6 is 0 Å². The number of esters is 1. The normalized spacial score (nSPS) is 12.0. The first kappa shape index (κ1) is 16.7. The van der Waals surface area contributed by atoms with Crippen molar-refractivity contribution in [2.75, 3.05) is 14.1 Å². The highest BCUT2D eigenvalue weighted by molar-refractivity contribution is 5.99. The summed E-state index contributed by atoms with van der Waals surface area (Å²) < 4.78 is 10.7. The van der Waals surface area contributed by atoms with Crippen LogP contribution in [0.3, 0.4) is 0 Å². The van der Waals surface area contributed by atoms with Crippen molar-refractivity contribution in [2.45, 2.75) is 13.0 Å². The first-order valence-electron chi connectivity index (χ1n) is 7.84. The van der Waals surface area contributed by atoms with Crippen molar-refractivity contribution in [3.05, 3.63) is 54.1 Å². The second-order valence-corrected chi connectivity index (χ2v) is 5.89. The summed E-state index contributed by atoms with van der Waals surface area (Å²) in [4.78, 5) is 25.6. The van der Waals surface area contributed by atoms with Gasteiger partial charge in [-0.2, -0.15) is 0 Å². The lowest BCUT2D eigenvalue weighted by molar-refractivity contribution is -0.137. The molecule has 0 aliphatic carbocycles. The predicted octanol–water partition coefficient (Wildman–Crippen LogP) is 3.13. The Morgan fingerprint density at radius 2 is 1.84 bits per heavy atom. The van der Waals surface area contributed by atoms with Gasteiger partial charge in [0.25, 0.3) is 5.91 Å². The van der Waals surface area contributed by atoms with Gasteiger partial charge in [0.1, 0.15) is 5.52 Å². The molecule has 6 heteroatoms. The summed E-state index contributed by atoms with van der Waals surface area (Å²) in [6.07, 6.45) is -0.853. The molecule has 3 aromatic rings. The van der Waals surface area contributed by atoms with E-state index in [0.29, 0.717) is 22.2 Å². The first-order chi connectivity index (χ1) is 12.0. The summed E-state index contributed by atoms with van der Waals surface area (Å²) >= 11 is 0. The van der Waals surface area contributed by atoms with Crippen molar-refractivity contribution >= 4 is 22.8 Å². The molecule has 25 heavy (non-hydrogen) atoms. The van der Waals surface area contributed by atoms with Gasteiger partial charge in [0.15, 0.2) is 11.9 Å². The fourth-order valence-electron chi connectivity index (χ4n) is 2.51. The Balaban J connectivity index is 1.90. The summed E-state index contributed by atoms with van der Waals surface area (Å²) in [5, 5.41) is 4.73. The van der Waals surface area contributed by atoms with E-state index in [-0.39, 0.29) is 5.91 Å². The molecule has 0 radical (unpaired) electrons. The quantitative estimate of drug-likeness (QED) is 0.683. The number of rotatable bonds is 4. The maximum absolute atomic E-state index is 12.4. The van der Waals surface area contributed by atoms with Crippen molar-refractivity contribution in [2.24, 2.45) is 0 Å². The molecule has 0 aliphatic heterocycles. The second-order valence-electron chi connectivity index (χ2n) is 5.89. The largest absolute Gasteiger partial charge is 0.449 e. The highest BCUT2D eigenvalue weighted by Gasteiger charge is 2.21. The third-order valence-corrected chi connectivity index (χ3v) is 3.82. The molecule has 128 valence electrons. The molecule has 0 saturated carbocycles. The van der Waals surface area contributed by atoms with Crippen molar-refractivity contribution in [1.82, 2.24) is 10.1 Å². The molecule has 3 rings (SSSR count). The van der Waals surface area contributed by atoms with E-state index in [1.807, 2.05) is 30.3 Å². The van der Waals surface area contributed by atoms with E-state index in [2.05, 4.69) is 5.16 Å². The van der Waals surface area contributed by atoms with Crippen LogP contribution in [0.5, 0.6) is 0 Å². The van der Waals surface area contributed by atoms with Crippen molar-refractivity contribution in [3.63, 3.8) is 0 Å². The monoisotopic (exact) mass is 338 g/mol.